The molecular weight excluding hydrogens is 355 g/mol. The van der Waals surface area contributed by atoms with Crippen molar-refractivity contribution < 1.29 is 23.9 Å². The van der Waals surface area contributed by atoms with E-state index in [1.165, 1.54) is 24.3 Å². The van der Waals surface area contributed by atoms with Crippen molar-refractivity contribution in [2.75, 3.05) is 6.54 Å². The topological polar surface area (TPSA) is 120 Å². The van der Waals surface area contributed by atoms with Gasteiger partial charge in [-0.05, 0) is 29.7 Å². The Morgan fingerprint density at radius 1 is 1.15 bits per heavy atom. The van der Waals surface area contributed by atoms with Gasteiger partial charge in [0.25, 0.3) is 0 Å². The van der Waals surface area contributed by atoms with Gasteiger partial charge in [0.2, 0.25) is 0 Å². The summed E-state index contributed by atoms with van der Waals surface area (Å²) in [7, 11) is -4.42. The Balaban J connectivity index is 1.88. The lowest BCUT2D eigenvalue weighted by Crippen LogP contribution is -2.26. The largest absolute Gasteiger partial charge is 0.445 e. The van der Waals surface area contributed by atoms with Crippen molar-refractivity contribution in [2.45, 2.75) is 18.7 Å². The highest BCUT2D eigenvalue weighted by atomic mass is 31.2. The van der Waals surface area contributed by atoms with Crippen LogP contribution in [0, 0.1) is 11.3 Å². The van der Waals surface area contributed by atoms with Crippen LogP contribution in [0.5, 0.6) is 0 Å². The number of carbonyl (C=O) groups is 1. The number of alkyl carbamates (subject to hydrolysis) is 1. The molecule has 0 radical (unpaired) electrons. The molecule has 3 N–H and O–H groups in total. The normalized spacial score (nSPS) is 12.0. The molecule has 0 aliphatic rings. The first-order valence-electron chi connectivity index (χ1n) is 7.90. The standard InChI is InChI=1S/C18H19N2O5P/c19-12-14-6-8-16(9-7-14)17(26(22,23)24)10-11-20-18(21)25-13-15-4-2-1-3-5-15/h1-9,17H,10-11,13H2,(H,20,21)(H2,22,23,24). The maximum absolute atomic E-state index is 11.8. The monoisotopic (exact) mass is 374 g/mol. The predicted molar refractivity (Wildman–Crippen MR) is 95.2 cm³/mol. The van der Waals surface area contributed by atoms with Crippen LogP contribution in [-0.4, -0.2) is 22.4 Å². The molecular formula is C18H19N2O5P. The van der Waals surface area contributed by atoms with Crippen molar-refractivity contribution in [1.82, 2.24) is 5.32 Å². The summed E-state index contributed by atoms with van der Waals surface area (Å²) < 4.78 is 16.8. The van der Waals surface area contributed by atoms with Gasteiger partial charge in [0, 0.05) is 6.54 Å². The minimum atomic E-state index is -4.42. The molecule has 0 saturated heterocycles. The van der Waals surface area contributed by atoms with E-state index in [4.69, 9.17) is 10.00 Å². The van der Waals surface area contributed by atoms with Crippen molar-refractivity contribution in [1.29, 1.82) is 5.26 Å². The molecule has 1 atom stereocenters. The molecule has 2 rings (SSSR count). The molecule has 1 amide bonds. The van der Waals surface area contributed by atoms with Crippen LogP contribution in [0.1, 0.15) is 28.8 Å². The van der Waals surface area contributed by atoms with Crippen LogP contribution in [0.4, 0.5) is 4.79 Å². The van der Waals surface area contributed by atoms with E-state index in [0.717, 1.165) is 5.56 Å². The van der Waals surface area contributed by atoms with E-state index in [9.17, 15) is 19.1 Å². The Morgan fingerprint density at radius 3 is 2.38 bits per heavy atom. The zero-order valence-electron chi connectivity index (χ0n) is 13.9. The number of hydrogen-bond acceptors (Lipinski definition) is 4. The van der Waals surface area contributed by atoms with Crippen LogP contribution < -0.4 is 5.32 Å². The third kappa shape index (κ3) is 6.01. The Labute approximate surface area is 151 Å². The number of benzene rings is 2. The first-order valence-corrected chi connectivity index (χ1v) is 9.58. The third-order valence-corrected chi connectivity index (χ3v) is 5.10. The molecule has 1 unspecified atom stereocenters. The van der Waals surface area contributed by atoms with Crippen LogP contribution in [0.3, 0.4) is 0 Å². The van der Waals surface area contributed by atoms with E-state index in [-0.39, 0.29) is 19.6 Å². The van der Waals surface area contributed by atoms with Crippen molar-refractivity contribution in [3.05, 3.63) is 71.3 Å². The van der Waals surface area contributed by atoms with E-state index in [2.05, 4.69) is 5.32 Å². The summed E-state index contributed by atoms with van der Waals surface area (Å²) in [6, 6.07) is 17.1. The molecule has 136 valence electrons. The molecule has 8 heteroatoms. The number of rotatable bonds is 7. The Hall–Kier alpha value is -2.65. The van der Waals surface area contributed by atoms with Crippen molar-refractivity contribution >= 4 is 13.7 Å². The fourth-order valence-electron chi connectivity index (χ4n) is 2.39. The van der Waals surface area contributed by atoms with Gasteiger partial charge in [-0.1, -0.05) is 42.5 Å². The van der Waals surface area contributed by atoms with E-state index in [1.54, 1.807) is 0 Å². The quantitative estimate of drug-likeness (QED) is 0.641. The van der Waals surface area contributed by atoms with Gasteiger partial charge in [0.1, 0.15) is 6.61 Å². The molecule has 0 aromatic heterocycles. The second-order valence-corrected chi connectivity index (χ2v) is 7.42. The minimum Gasteiger partial charge on any atom is -0.445 e. The first-order chi connectivity index (χ1) is 12.4. The van der Waals surface area contributed by atoms with Crippen LogP contribution in [0.15, 0.2) is 54.6 Å². The Morgan fingerprint density at radius 2 is 1.81 bits per heavy atom. The number of hydrogen-bond donors (Lipinski definition) is 3. The van der Waals surface area contributed by atoms with Gasteiger partial charge in [-0.25, -0.2) is 4.79 Å². The Bertz CT molecular complexity index is 812. The second-order valence-electron chi connectivity index (χ2n) is 5.62. The van der Waals surface area contributed by atoms with Gasteiger partial charge in [-0.15, -0.1) is 0 Å². The lowest BCUT2D eigenvalue weighted by atomic mass is 10.1. The maximum atomic E-state index is 11.8. The van der Waals surface area contributed by atoms with Crippen LogP contribution in [0.2, 0.25) is 0 Å². The number of amides is 1. The zero-order chi connectivity index (χ0) is 19.0. The van der Waals surface area contributed by atoms with Gasteiger partial charge >= 0.3 is 13.7 Å². The summed E-state index contributed by atoms with van der Waals surface area (Å²) in [6.45, 7) is 0.160. The average Bonchev–Trinajstić information content (AvgIpc) is 2.63. The molecule has 7 nitrogen and oxygen atoms in total. The molecule has 26 heavy (non-hydrogen) atoms. The molecule has 0 saturated carbocycles. The molecule has 0 spiro atoms. The summed E-state index contributed by atoms with van der Waals surface area (Å²) in [5, 5.41) is 11.3. The smallest absolute Gasteiger partial charge is 0.407 e. The highest BCUT2D eigenvalue weighted by Gasteiger charge is 2.30. The summed E-state index contributed by atoms with van der Waals surface area (Å²) in [5.74, 6) is 0. The Kier molecular flexibility index (Phi) is 6.93. The molecule has 2 aromatic carbocycles. The number of nitrogens with one attached hydrogen (secondary N) is 1. The van der Waals surface area contributed by atoms with Gasteiger partial charge in [0.05, 0.1) is 17.3 Å². The van der Waals surface area contributed by atoms with Gasteiger partial charge in [-0.2, -0.15) is 5.26 Å². The molecule has 2 aromatic rings. The van der Waals surface area contributed by atoms with E-state index in [1.807, 2.05) is 36.4 Å². The van der Waals surface area contributed by atoms with E-state index in [0.29, 0.717) is 11.1 Å². The summed E-state index contributed by atoms with van der Waals surface area (Å²) >= 11 is 0. The molecule has 0 heterocycles. The SMILES string of the molecule is N#Cc1ccc(C(CCNC(=O)OCc2ccccc2)P(=O)(O)O)cc1. The van der Waals surface area contributed by atoms with E-state index < -0.39 is 19.3 Å². The third-order valence-electron chi connectivity index (χ3n) is 3.73. The number of carbonyl (C=O) groups excluding carboxylic acids is 1. The fraction of sp³-hybridized carbons (Fsp3) is 0.222. The summed E-state index contributed by atoms with van der Waals surface area (Å²) in [5.41, 5.74) is 0.593. The predicted octanol–water partition coefficient (Wildman–Crippen LogP) is 3.09. The van der Waals surface area contributed by atoms with Crippen LogP contribution in [-0.2, 0) is 15.9 Å². The van der Waals surface area contributed by atoms with Crippen molar-refractivity contribution in [3.8, 4) is 6.07 Å². The number of nitriles is 1. The average molecular weight is 374 g/mol. The maximum Gasteiger partial charge on any atom is 0.407 e. The fourth-order valence-corrected chi connectivity index (χ4v) is 3.42. The number of ether oxygens (including phenoxy) is 1. The van der Waals surface area contributed by atoms with Crippen molar-refractivity contribution in [3.63, 3.8) is 0 Å². The molecule has 0 aliphatic carbocycles. The lowest BCUT2D eigenvalue weighted by Gasteiger charge is -2.19. The minimum absolute atomic E-state index is 0.0383. The van der Waals surface area contributed by atoms with Gasteiger partial charge in [0.15, 0.2) is 0 Å². The summed E-state index contributed by atoms with van der Waals surface area (Å²) in [6.07, 6.45) is -0.616. The lowest BCUT2D eigenvalue weighted by molar-refractivity contribution is 0.139. The van der Waals surface area contributed by atoms with Crippen LogP contribution in [0.25, 0.3) is 0 Å². The van der Waals surface area contributed by atoms with Gasteiger partial charge < -0.3 is 19.8 Å². The zero-order valence-corrected chi connectivity index (χ0v) is 14.8. The van der Waals surface area contributed by atoms with Crippen LogP contribution >= 0.6 is 7.60 Å². The highest BCUT2D eigenvalue weighted by molar-refractivity contribution is 7.52. The molecule has 0 bridgehead atoms. The van der Waals surface area contributed by atoms with Gasteiger partial charge in [-0.3, -0.25) is 4.57 Å². The highest BCUT2D eigenvalue weighted by Crippen LogP contribution is 2.53. The molecule has 0 fully saturated rings. The first kappa shape index (κ1) is 19.7. The van der Waals surface area contributed by atoms with E-state index >= 15 is 0 Å². The number of nitrogens with zero attached hydrogens (tertiary/aromatic N) is 1. The van der Waals surface area contributed by atoms with Crippen molar-refractivity contribution in [2.24, 2.45) is 0 Å². The second kappa shape index (κ2) is 9.16. The summed E-state index contributed by atoms with van der Waals surface area (Å²) in [4.78, 5) is 30.9. The molecule has 0 aliphatic heterocycles.